The van der Waals surface area contributed by atoms with E-state index >= 15 is 0 Å². The molecule has 0 bridgehead atoms. The van der Waals surface area contributed by atoms with Crippen molar-refractivity contribution in [2.75, 3.05) is 0 Å². The Morgan fingerprint density at radius 1 is 1.00 bits per heavy atom. The van der Waals surface area contributed by atoms with Crippen molar-refractivity contribution < 1.29 is 13.9 Å². The molecule has 0 atom stereocenters. The number of hydrogen-bond donors (Lipinski definition) is 1. The van der Waals surface area contributed by atoms with Crippen LogP contribution < -0.4 is 16.0 Å². The predicted octanol–water partition coefficient (Wildman–Crippen LogP) is 2.78. The fourth-order valence-corrected chi connectivity index (χ4v) is 2.68. The largest absolute Gasteiger partial charge is 0.503 e. The van der Waals surface area contributed by atoms with Gasteiger partial charge in [-0.2, -0.15) is 0 Å². The summed E-state index contributed by atoms with van der Waals surface area (Å²) in [4.78, 5) is 12.7. The Bertz CT molecular complexity index is 1170. The molecule has 3 nitrogen and oxygen atoms in total. The van der Waals surface area contributed by atoms with Crippen molar-refractivity contribution in [2.24, 2.45) is 7.05 Å². The van der Waals surface area contributed by atoms with Gasteiger partial charge in [-0.1, -0.05) is 43.0 Å². The fourth-order valence-electron chi connectivity index (χ4n) is 2.68. The maximum Gasteiger partial charge on any atom is 0.258 e. The van der Waals surface area contributed by atoms with Gasteiger partial charge in [0.15, 0.2) is 17.4 Å². The molecule has 1 aromatic heterocycles. The van der Waals surface area contributed by atoms with Crippen LogP contribution in [-0.2, 0) is 7.05 Å². The van der Waals surface area contributed by atoms with Crippen molar-refractivity contribution in [3.05, 3.63) is 97.8 Å². The molecule has 0 aliphatic heterocycles. The van der Waals surface area contributed by atoms with Gasteiger partial charge in [0, 0.05) is 18.0 Å². The SMILES string of the molecule is C=c1cc(/C=C/c2ccccc2)n(C)c(=O)/c1=C/c1cc(F)c(O)c(F)c1. The standard InChI is InChI=1S/C22H17F2NO2/c1-14-10-17(9-8-15-6-4-3-5-7-15)25(2)22(27)18(14)11-16-12-19(23)21(26)20(24)13-16/h3-13,26H,1H2,2H3/b9-8+,18-11+. The second-order valence-corrected chi connectivity index (χ2v) is 6.09. The molecule has 0 amide bonds. The maximum atomic E-state index is 13.5. The van der Waals surface area contributed by atoms with Gasteiger partial charge in [-0.3, -0.25) is 4.79 Å². The molecule has 0 fully saturated rings. The van der Waals surface area contributed by atoms with Gasteiger partial charge in [-0.05, 0) is 46.7 Å². The van der Waals surface area contributed by atoms with Crippen molar-refractivity contribution in [3.8, 4) is 5.75 Å². The monoisotopic (exact) mass is 365 g/mol. The zero-order chi connectivity index (χ0) is 19.6. The minimum atomic E-state index is -1.09. The van der Waals surface area contributed by atoms with Gasteiger partial charge in [0.1, 0.15) is 0 Å². The lowest BCUT2D eigenvalue weighted by Crippen LogP contribution is -2.44. The van der Waals surface area contributed by atoms with Crippen LogP contribution in [0.25, 0.3) is 24.8 Å². The number of aromatic nitrogens is 1. The molecule has 0 saturated carbocycles. The van der Waals surface area contributed by atoms with Crippen LogP contribution in [0.4, 0.5) is 8.78 Å². The molecule has 5 heteroatoms. The lowest BCUT2D eigenvalue weighted by Gasteiger charge is -2.05. The van der Waals surface area contributed by atoms with Gasteiger partial charge in [0.25, 0.3) is 5.56 Å². The Morgan fingerprint density at radius 3 is 2.26 bits per heavy atom. The summed E-state index contributed by atoms with van der Waals surface area (Å²) < 4.78 is 28.5. The number of phenolic OH excluding ortho intramolecular Hbond substituents is 1. The Balaban J connectivity index is 2.10. The highest BCUT2D eigenvalue weighted by atomic mass is 19.1. The lowest BCUT2D eigenvalue weighted by molar-refractivity contribution is 0.396. The Kier molecular flexibility index (Phi) is 5.03. The van der Waals surface area contributed by atoms with E-state index in [-0.39, 0.29) is 16.3 Å². The molecule has 2 aromatic carbocycles. The third kappa shape index (κ3) is 3.87. The highest BCUT2D eigenvalue weighted by Crippen LogP contribution is 2.21. The molecule has 0 aliphatic carbocycles. The van der Waals surface area contributed by atoms with E-state index in [0.29, 0.717) is 10.9 Å². The fraction of sp³-hybridized carbons (Fsp3) is 0.0455. The molecule has 136 valence electrons. The number of hydrogen-bond acceptors (Lipinski definition) is 2. The molecule has 0 radical (unpaired) electrons. The van der Waals surface area contributed by atoms with E-state index in [0.717, 1.165) is 17.7 Å². The molecule has 1 N–H and O–H groups in total. The van der Waals surface area contributed by atoms with Crippen molar-refractivity contribution in [3.63, 3.8) is 0 Å². The first-order chi connectivity index (χ1) is 12.9. The average Bonchev–Trinajstić information content (AvgIpc) is 2.65. The Morgan fingerprint density at radius 2 is 1.63 bits per heavy atom. The van der Waals surface area contributed by atoms with E-state index in [4.69, 9.17) is 0 Å². The molecule has 3 aromatic rings. The quantitative estimate of drug-likeness (QED) is 0.776. The van der Waals surface area contributed by atoms with Crippen LogP contribution >= 0.6 is 0 Å². The van der Waals surface area contributed by atoms with E-state index in [9.17, 15) is 18.7 Å². The van der Waals surface area contributed by atoms with Crippen LogP contribution in [0.2, 0.25) is 0 Å². The maximum absolute atomic E-state index is 13.5. The van der Waals surface area contributed by atoms with Crippen LogP contribution in [0.5, 0.6) is 5.75 Å². The molecule has 3 rings (SSSR count). The molecule has 0 spiro atoms. The van der Waals surface area contributed by atoms with Gasteiger partial charge in [0.2, 0.25) is 0 Å². The molecule has 0 saturated heterocycles. The van der Waals surface area contributed by atoms with Crippen molar-refractivity contribution in [1.82, 2.24) is 4.57 Å². The normalized spacial score (nSPS) is 12.0. The summed E-state index contributed by atoms with van der Waals surface area (Å²) in [5.74, 6) is -3.23. The first kappa shape index (κ1) is 18.3. The smallest absolute Gasteiger partial charge is 0.258 e. The van der Waals surface area contributed by atoms with Crippen molar-refractivity contribution in [2.45, 2.75) is 0 Å². The van der Waals surface area contributed by atoms with Crippen molar-refractivity contribution in [1.29, 1.82) is 0 Å². The predicted molar refractivity (Wildman–Crippen MR) is 103 cm³/mol. The third-order valence-electron chi connectivity index (χ3n) is 4.19. The summed E-state index contributed by atoms with van der Waals surface area (Å²) in [6.45, 7) is 3.88. The third-order valence-corrected chi connectivity index (χ3v) is 4.19. The Labute approximate surface area is 154 Å². The molecule has 0 aliphatic rings. The number of rotatable bonds is 3. The van der Waals surface area contributed by atoms with E-state index in [1.807, 2.05) is 36.4 Å². The number of pyridine rings is 1. The molecule has 0 unspecified atom stereocenters. The second-order valence-electron chi connectivity index (χ2n) is 6.09. The number of aromatic hydroxyl groups is 1. The molecule has 1 heterocycles. The first-order valence-electron chi connectivity index (χ1n) is 8.18. The van der Waals surface area contributed by atoms with Crippen molar-refractivity contribution >= 4 is 24.8 Å². The van der Waals surface area contributed by atoms with E-state index in [2.05, 4.69) is 6.58 Å². The molecular formula is C22H17F2NO2. The van der Waals surface area contributed by atoms with Gasteiger partial charge in [-0.15, -0.1) is 0 Å². The van der Waals surface area contributed by atoms with Crippen LogP contribution in [0.1, 0.15) is 16.8 Å². The number of benzene rings is 2. The topological polar surface area (TPSA) is 42.2 Å². The second kappa shape index (κ2) is 7.41. The summed E-state index contributed by atoms with van der Waals surface area (Å²) in [5, 5.41) is 9.84. The number of nitrogens with zero attached hydrogens (tertiary/aromatic N) is 1. The van der Waals surface area contributed by atoms with Crippen LogP contribution in [0, 0.1) is 11.6 Å². The van der Waals surface area contributed by atoms with Gasteiger partial charge in [-0.25, -0.2) is 8.78 Å². The van der Waals surface area contributed by atoms with Crippen LogP contribution in [0.15, 0.2) is 53.3 Å². The van der Waals surface area contributed by atoms with Gasteiger partial charge in [0.05, 0.1) is 0 Å². The lowest BCUT2D eigenvalue weighted by atomic mass is 10.1. The van der Waals surface area contributed by atoms with Gasteiger partial charge < -0.3 is 9.67 Å². The first-order valence-corrected chi connectivity index (χ1v) is 8.18. The summed E-state index contributed by atoms with van der Waals surface area (Å²) in [6, 6.07) is 13.3. The number of halogens is 2. The minimum Gasteiger partial charge on any atom is -0.503 e. The summed E-state index contributed by atoms with van der Waals surface area (Å²) in [7, 11) is 1.61. The van der Waals surface area contributed by atoms with Gasteiger partial charge >= 0.3 is 0 Å². The molecule has 27 heavy (non-hydrogen) atoms. The van der Waals surface area contributed by atoms with E-state index in [1.54, 1.807) is 19.2 Å². The summed E-state index contributed by atoms with van der Waals surface area (Å²) in [6.07, 6.45) is 5.03. The van der Waals surface area contributed by atoms with E-state index in [1.165, 1.54) is 10.6 Å². The number of phenols is 1. The minimum absolute atomic E-state index is 0.123. The van der Waals surface area contributed by atoms with E-state index < -0.39 is 17.4 Å². The zero-order valence-electron chi connectivity index (χ0n) is 14.6. The molecular weight excluding hydrogens is 348 g/mol. The highest BCUT2D eigenvalue weighted by Gasteiger charge is 2.09. The average molecular weight is 365 g/mol. The Hall–Kier alpha value is -3.47. The summed E-state index contributed by atoms with van der Waals surface area (Å²) in [5.41, 5.74) is 1.41. The highest BCUT2D eigenvalue weighted by molar-refractivity contribution is 5.68. The summed E-state index contributed by atoms with van der Waals surface area (Å²) >= 11 is 0. The van der Waals surface area contributed by atoms with Crippen LogP contribution in [-0.4, -0.2) is 9.67 Å². The zero-order valence-corrected chi connectivity index (χ0v) is 14.6. The van der Waals surface area contributed by atoms with Crippen LogP contribution in [0.3, 0.4) is 0 Å².